The number of hydrogen-bond donors (Lipinski definition) is 1. The molecule has 0 aliphatic carbocycles. The van der Waals surface area contributed by atoms with Gasteiger partial charge in [0.1, 0.15) is 0 Å². The van der Waals surface area contributed by atoms with E-state index in [4.69, 9.17) is 5.11 Å². The fourth-order valence-corrected chi connectivity index (χ4v) is 1.79. The average Bonchev–Trinajstić information content (AvgIpc) is 2.16. The number of aliphatic hydroxyl groups is 1. The van der Waals surface area contributed by atoms with Crippen LogP contribution in [0.5, 0.6) is 0 Å². The number of piperidine rings is 1. The zero-order valence-electron chi connectivity index (χ0n) is 8.46. The highest BCUT2D eigenvalue weighted by Gasteiger charge is 2.29. The predicted octanol–water partition coefficient (Wildman–Crippen LogP) is 1.23. The van der Waals surface area contributed by atoms with Crippen molar-refractivity contribution in [1.29, 1.82) is 0 Å². The molecule has 0 saturated carbocycles. The van der Waals surface area contributed by atoms with Gasteiger partial charge >= 0.3 is 6.36 Å². The third-order valence-electron chi connectivity index (χ3n) is 2.53. The van der Waals surface area contributed by atoms with Gasteiger partial charge in [-0.2, -0.15) is 0 Å². The van der Waals surface area contributed by atoms with Gasteiger partial charge in [-0.05, 0) is 25.3 Å². The molecular weight excluding hydrogens is 211 g/mol. The minimum atomic E-state index is -4.54. The molecule has 0 amide bonds. The summed E-state index contributed by atoms with van der Waals surface area (Å²) in [6.07, 6.45) is -2.66. The van der Waals surface area contributed by atoms with Crippen LogP contribution in [0.4, 0.5) is 13.2 Å². The summed E-state index contributed by atoms with van der Waals surface area (Å²) in [5.74, 6) is 0.199. The van der Waals surface area contributed by atoms with E-state index in [1.54, 1.807) is 0 Å². The number of rotatable bonds is 4. The molecule has 1 unspecified atom stereocenters. The summed E-state index contributed by atoms with van der Waals surface area (Å²) in [5, 5.41) is 8.93. The van der Waals surface area contributed by atoms with Crippen molar-refractivity contribution >= 4 is 0 Å². The van der Waals surface area contributed by atoms with Crippen molar-refractivity contribution in [2.75, 3.05) is 32.8 Å². The lowest BCUT2D eigenvalue weighted by Gasteiger charge is -2.31. The number of alkyl halides is 3. The smallest absolute Gasteiger partial charge is 0.396 e. The molecule has 1 heterocycles. The molecule has 3 nitrogen and oxygen atoms in total. The fraction of sp³-hybridized carbons (Fsp3) is 1.00. The van der Waals surface area contributed by atoms with Gasteiger partial charge in [0.2, 0.25) is 0 Å². The molecule has 1 rings (SSSR count). The van der Waals surface area contributed by atoms with Crippen LogP contribution < -0.4 is 0 Å². The van der Waals surface area contributed by atoms with E-state index in [0.29, 0.717) is 6.54 Å². The Balaban J connectivity index is 2.15. The number of aliphatic hydroxyl groups excluding tert-OH is 1. The number of ether oxygens (including phenoxy) is 1. The second-order valence-electron chi connectivity index (χ2n) is 3.79. The van der Waals surface area contributed by atoms with Crippen molar-refractivity contribution in [3.8, 4) is 0 Å². The third-order valence-corrected chi connectivity index (χ3v) is 2.53. The van der Waals surface area contributed by atoms with Crippen LogP contribution in [0.15, 0.2) is 0 Å². The predicted molar refractivity (Wildman–Crippen MR) is 48.3 cm³/mol. The number of likely N-dealkylation sites (tertiary alicyclic amines) is 1. The second kappa shape index (κ2) is 5.67. The normalized spacial score (nSPS) is 24.4. The average molecular weight is 227 g/mol. The second-order valence-corrected chi connectivity index (χ2v) is 3.79. The van der Waals surface area contributed by atoms with E-state index in [0.717, 1.165) is 19.4 Å². The zero-order chi connectivity index (χ0) is 11.3. The van der Waals surface area contributed by atoms with Gasteiger partial charge in [-0.3, -0.25) is 4.74 Å². The molecule has 1 saturated heterocycles. The molecule has 1 aliphatic rings. The van der Waals surface area contributed by atoms with E-state index in [1.807, 2.05) is 4.90 Å². The molecule has 1 N–H and O–H groups in total. The minimum Gasteiger partial charge on any atom is -0.396 e. The molecular formula is C9H16F3NO2. The van der Waals surface area contributed by atoms with Crippen molar-refractivity contribution in [3.05, 3.63) is 0 Å². The van der Waals surface area contributed by atoms with Crippen LogP contribution in [0.25, 0.3) is 0 Å². The van der Waals surface area contributed by atoms with E-state index in [1.165, 1.54) is 0 Å². The summed E-state index contributed by atoms with van der Waals surface area (Å²) < 4.78 is 38.7. The standard InChI is InChI=1S/C9H16F3NO2/c10-9(11,12)15-5-4-13-3-1-2-8(6-13)7-14/h8,14H,1-7H2. The van der Waals surface area contributed by atoms with Crippen molar-refractivity contribution in [2.24, 2.45) is 5.92 Å². The Bertz CT molecular complexity index is 187. The fourth-order valence-electron chi connectivity index (χ4n) is 1.79. The molecule has 0 spiro atoms. The molecule has 0 bridgehead atoms. The van der Waals surface area contributed by atoms with Crippen LogP contribution in [0.1, 0.15) is 12.8 Å². The van der Waals surface area contributed by atoms with Crippen LogP contribution >= 0.6 is 0 Å². The molecule has 90 valence electrons. The maximum Gasteiger partial charge on any atom is 0.522 e. The largest absolute Gasteiger partial charge is 0.522 e. The summed E-state index contributed by atoms with van der Waals surface area (Å²) in [7, 11) is 0. The van der Waals surface area contributed by atoms with Gasteiger partial charge in [0.05, 0.1) is 6.61 Å². The Morgan fingerprint density at radius 1 is 1.40 bits per heavy atom. The van der Waals surface area contributed by atoms with Crippen molar-refractivity contribution < 1.29 is 23.0 Å². The van der Waals surface area contributed by atoms with Crippen molar-refractivity contribution in [3.63, 3.8) is 0 Å². The molecule has 6 heteroatoms. The van der Waals surface area contributed by atoms with Gasteiger partial charge in [-0.25, -0.2) is 0 Å². The van der Waals surface area contributed by atoms with Crippen molar-refractivity contribution in [1.82, 2.24) is 4.90 Å². The maximum atomic E-state index is 11.7. The zero-order valence-corrected chi connectivity index (χ0v) is 8.46. The Kier molecular flexibility index (Phi) is 4.82. The summed E-state index contributed by atoms with van der Waals surface area (Å²) in [5.41, 5.74) is 0. The lowest BCUT2D eigenvalue weighted by atomic mass is 9.99. The molecule has 1 aliphatic heterocycles. The Hall–Kier alpha value is -0.330. The van der Waals surface area contributed by atoms with Gasteiger partial charge in [-0.1, -0.05) is 0 Å². The highest BCUT2D eigenvalue weighted by atomic mass is 19.4. The van der Waals surface area contributed by atoms with Crippen LogP contribution in [-0.2, 0) is 4.74 Å². The topological polar surface area (TPSA) is 32.7 Å². The van der Waals surface area contributed by atoms with Gasteiger partial charge in [-0.15, -0.1) is 13.2 Å². The maximum absolute atomic E-state index is 11.7. The third kappa shape index (κ3) is 5.34. The molecule has 1 atom stereocenters. The van der Waals surface area contributed by atoms with Crippen LogP contribution in [-0.4, -0.2) is 49.2 Å². The number of nitrogens with zero attached hydrogens (tertiary/aromatic N) is 1. The van der Waals surface area contributed by atoms with Crippen molar-refractivity contribution in [2.45, 2.75) is 19.2 Å². The van der Waals surface area contributed by atoms with E-state index in [2.05, 4.69) is 4.74 Å². The molecule has 0 aromatic heterocycles. The first-order valence-corrected chi connectivity index (χ1v) is 5.05. The van der Waals surface area contributed by atoms with Crippen LogP contribution in [0, 0.1) is 5.92 Å². The van der Waals surface area contributed by atoms with Crippen LogP contribution in [0.3, 0.4) is 0 Å². The van der Waals surface area contributed by atoms with E-state index >= 15 is 0 Å². The van der Waals surface area contributed by atoms with Gasteiger partial charge in [0, 0.05) is 19.7 Å². The summed E-state index contributed by atoms with van der Waals surface area (Å²) in [6.45, 7) is 1.50. The first kappa shape index (κ1) is 12.7. The van der Waals surface area contributed by atoms with Crippen LogP contribution in [0.2, 0.25) is 0 Å². The summed E-state index contributed by atoms with van der Waals surface area (Å²) >= 11 is 0. The van der Waals surface area contributed by atoms with E-state index < -0.39 is 6.36 Å². The first-order chi connectivity index (χ1) is 7.01. The molecule has 1 fully saturated rings. The van der Waals surface area contributed by atoms with Gasteiger partial charge in [0.15, 0.2) is 0 Å². The SMILES string of the molecule is OCC1CCCN(CCOC(F)(F)F)C1. The monoisotopic (exact) mass is 227 g/mol. The summed E-state index contributed by atoms with van der Waals surface area (Å²) in [4.78, 5) is 1.90. The lowest BCUT2D eigenvalue weighted by Crippen LogP contribution is -2.39. The molecule has 0 aromatic rings. The Morgan fingerprint density at radius 2 is 2.13 bits per heavy atom. The van der Waals surface area contributed by atoms with E-state index in [-0.39, 0.29) is 25.7 Å². The minimum absolute atomic E-state index is 0.108. The molecule has 15 heavy (non-hydrogen) atoms. The molecule has 0 radical (unpaired) electrons. The Labute approximate surface area is 86.8 Å². The number of halogens is 3. The molecule has 0 aromatic carbocycles. The van der Waals surface area contributed by atoms with E-state index in [9.17, 15) is 13.2 Å². The highest BCUT2D eigenvalue weighted by molar-refractivity contribution is 4.71. The summed E-state index contributed by atoms with van der Waals surface area (Å²) in [6, 6.07) is 0. The lowest BCUT2D eigenvalue weighted by molar-refractivity contribution is -0.325. The van der Waals surface area contributed by atoms with Gasteiger partial charge < -0.3 is 10.0 Å². The Morgan fingerprint density at radius 3 is 2.73 bits per heavy atom. The first-order valence-electron chi connectivity index (χ1n) is 5.05. The number of hydrogen-bond acceptors (Lipinski definition) is 3. The van der Waals surface area contributed by atoms with Gasteiger partial charge in [0.25, 0.3) is 0 Å². The highest BCUT2D eigenvalue weighted by Crippen LogP contribution is 2.18. The quantitative estimate of drug-likeness (QED) is 0.784.